The zero-order valence-electron chi connectivity index (χ0n) is 15.7. The first-order chi connectivity index (χ1) is 13.6. The van der Waals surface area contributed by atoms with E-state index in [1.807, 2.05) is 59.3 Å². The molecule has 142 valence electrons. The Bertz CT molecular complexity index is 1150. The van der Waals surface area contributed by atoms with Crippen molar-refractivity contribution in [2.45, 2.75) is 6.92 Å². The molecule has 6 nitrogen and oxygen atoms in total. The van der Waals surface area contributed by atoms with Crippen LogP contribution in [0.2, 0.25) is 0 Å². The summed E-state index contributed by atoms with van der Waals surface area (Å²) in [6.07, 6.45) is 1.95. The van der Waals surface area contributed by atoms with Crippen LogP contribution in [-0.4, -0.2) is 29.5 Å². The summed E-state index contributed by atoms with van der Waals surface area (Å²) in [5.74, 6) is 1.68. The van der Waals surface area contributed by atoms with Crippen LogP contribution in [0.3, 0.4) is 0 Å². The lowest BCUT2D eigenvalue weighted by molar-refractivity contribution is 0.103. The molecule has 0 bridgehead atoms. The Balaban J connectivity index is 1.87. The van der Waals surface area contributed by atoms with Gasteiger partial charge in [0.2, 0.25) is 0 Å². The number of pyridine rings is 1. The van der Waals surface area contributed by atoms with Crippen LogP contribution >= 0.6 is 11.3 Å². The number of methoxy groups -OCH3 is 2. The van der Waals surface area contributed by atoms with Gasteiger partial charge in [-0.1, -0.05) is 12.1 Å². The summed E-state index contributed by atoms with van der Waals surface area (Å²) < 4.78 is 12.6. The summed E-state index contributed by atoms with van der Waals surface area (Å²) in [7, 11) is 3.19. The second kappa shape index (κ2) is 7.36. The van der Waals surface area contributed by atoms with Gasteiger partial charge < -0.3 is 14.8 Å². The molecule has 7 heteroatoms. The molecule has 1 aromatic carbocycles. The number of aryl methyl sites for hydroxylation is 1. The normalized spacial score (nSPS) is 10.8. The number of amides is 1. The molecule has 1 amide bonds. The van der Waals surface area contributed by atoms with Gasteiger partial charge in [0.1, 0.15) is 17.2 Å². The van der Waals surface area contributed by atoms with Crippen LogP contribution < -0.4 is 14.8 Å². The minimum absolute atomic E-state index is 0.167. The molecule has 0 aliphatic heterocycles. The second-order valence-electron chi connectivity index (χ2n) is 6.24. The standard InChI is InChI=1S/C21H19N3O3S/c1-13-6-9-18-22-19(14-7-8-15(26-2)16(11-14)27-3)20(24(18)12-13)23-21(25)17-5-4-10-28-17/h4-12H,1-3H3,(H,23,25). The van der Waals surface area contributed by atoms with Gasteiger partial charge in [0.25, 0.3) is 5.91 Å². The SMILES string of the molecule is COc1ccc(-c2nc3ccc(C)cn3c2NC(=O)c2cccs2)cc1OC. The summed E-state index contributed by atoms with van der Waals surface area (Å²) in [4.78, 5) is 18.1. The summed E-state index contributed by atoms with van der Waals surface area (Å²) in [6.45, 7) is 2.00. The number of anilines is 1. The number of rotatable bonds is 5. The van der Waals surface area contributed by atoms with Crippen molar-refractivity contribution >= 4 is 28.7 Å². The van der Waals surface area contributed by atoms with E-state index >= 15 is 0 Å². The summed E-state index contributed by atoms with van der Waals surface area (Å²) in [6, 6.07) is 13.2. The highest BCUT2D eigenvalue weighted by molar-refractivity contribution is 7.12. The zero-order valence-corrected chi connectivity index (χ0v) is 16.5. The Kier molecular flexibility index (Phi) is 4.75. The Hall–Kier alpha value is -3.32. The number of hydrogen-bond acceptors (Lipinski definition) is 5. The van der Waals surface area contributed by atoms with E-state index in [-0.39, 0.29) is 5.91 Å². The minimum Gasteiger partial charge on any atom is -0.493 e. The van der Waals surface area contributed by atoms with Gasteiger partial charge in [0.05, 0.1) is 19.1 Å². The van der Waals surface area contributed by atoms with Crippen LogP contribution in [0.15, 0.2) is 54.0 Å². The number of benzene rings is 1. The van der Waals surface area contributed by atoms with Gasteiger partial charge in [-0.3, -0.25) is 9.20 Å². The fourth-order valence-electron chi connectivity index (χ4n) is 3.03. The number of ether oxygens (including phenoxy) is 2. The first-order valence-corrected chi connectivity index (χ1v) is 9.54. The highest BCUT2D eigenvalue weighted by atomic mass is 32.1. The number of nitrogens with one attached hydrogen (secondary N) is 1. The van der Waals surface area contributed by atoms with Crippen LogP contribution in [0.1, 0.15) is 15.2 Å². The van der Waals surface area contributed by atoms with Crippen LogP contribution in [0.4, 0.5) is 5.82 Å². The summed E-state index contributed by atoms with van der Waals surface area (Å²) >= 11 is 1.40. The number of nitrogens with zero attached hydrogens (tertiary/aromatic N) is 2. The van der Waals surface area contributed by atoms with Crippen molar-refractivity contribution in [2.24, 2.45) is 0 Å². The smallest absolute Gasteiger partial charge is 0.266 e. The number of carbonyl (C=O) groups excluding carboxylic acids is 1. The molecule has 0 unspecified atom stereocenters. The van der Waals surface area contributed by atoms with Gasteiger partial charge in [-0.2, -0.15) is 0 Å². The molecule has 0 spiro atoms. The van der Waals surface area contributed by atoms with Gasteiger partial charge in [-0.05, 0) is 48.2 Å². The second-order valence-corrected chi connectivity index (χ2v) is 7.19. The Labute approximate surface area is 166 Å². The number of aromatic nitrogens is 2. The molecule has 0 saturated carbocycles. The van der Waals surface area contributed by atoms with Gasteiger partial charge in [0, 0.05) is 11.8 Å². The summed E-state index contributed by atoms with van der Waals surface area (Å²) in [5.41, 5.74) is 3.30. The molecule has 28 heavy (non-hydrogen) atoms. The minimum atomic E-state index is -0.167. The third-order valence-corrected chi connectivity index (χ3v) is 5.27. The van der Waals surface area contributed by atoms with Crippen molar-refractivity contribution in [1.29, 1.82) is 0 Å². The van der Waals surface area contributed by atoms with Crippen molar-refractivity contribution < 1.29 is 14.3 Å². The van der Waals surface area contributed by atoms with Crippen molar-refractivity contribution in [3.63, 3.8) is 0 Å². The van der Waals surface area contributed by atoms with E-state index in [0.717, 1.165) is 16.8 Å². The zero-order chi connectivity index (χ0) is 19.7. The fourth-order valence-corrected chi connectivity index (χ4v) is 3.65. The molecular formula is C21H19N3O3S. The Morgan fingerprint density at radius 1 is 1.11 bits per heavy atom. The monoisotopic (exact) mass is 393 g/mol. The van der Waals surface area contributed by atoms with Gasteiger partial charge in [0.15, 0.2) is 11.5 Å². The molecule has 4 rings (SSSR count). The summed E-state index contributed by atoms with van der Waals surface area (Å²) in [5, 5.41) is 4.91. The molecule has 0 radical (unpaired) electrons. The van der Waals surface area contributed by atoms with E-state index in [4.69, 9.17) is 14.5 Å². The third kappa shape index (κ3) is 3.20. The van der Waals surface area contributed by atoms with E-state index in [0.29, 0.717) is 27.9 Å². The molecule has 4 aromatic rings. The number of imidazole rings is 1. The Morgan fingerprint density at radius 2 is 1.93 bits per heavy atom. The molecule has 0 fully saturated rings. The van der Waals surface area contributed by atoms with Gasteiger partial charge in [-0.25, -0.2) is 4.98 Å². The molecule has 0 saturated heterocycles. The maximum atomic E-state index is 12.7. The van der Waals surface area contributed by atoms with Crippen molar-refractivity contribution in [3.05, 3.63) is 64.5 Å². The quantitative estimate of drug-likeness (QED) is 0.536. The predicted molar refractivity (Wildman–Crippen MR) is 111 cm³/mol. The number of thiophene rings is 1. The number of fused-ring (bicyclic) bond motifs is 1. The maximum absolute atomic E-state index is 12.7. The van der Waals surface area contributed by atoms with E-state index in [1.165, 1.54) is 11.3 Å². The van der Waals surface area contributed by atoms with Crippen molar-refractivity contribution in [1.82, 2.24) is 9.38 Å². The molecule has 0 aliphatic carbocycles. The number of hydrogen-bond donors (Lipinski definition) is 1. The van der Waals surface area contributed by atoms with E-state index < -0.39 is 0 Å². The lowest BCUT2D eigenvalue weighted by Crippen LogP contribution is -2.12. The van der Waals surface area contributed by atoms with Crippen LogP contribution in [0.5, 0.6) is 11.5 Å². The fraction of sp³-hybridized carbons (Fsp3) is 0.143. The highest BCUT2D eigenvalue weighted by Crippen LogP contribution is 2.36. The van der Waals surface area contributed by atoms with E-state index in [9.17, 15) is 4.79 Å². The van der Waals surface area contributed by atoms with Crippen molar-refractivity contribution in [3.8, 4) is 22.8 Å². The number of carbonyl (C=O) groups is 1. The molecule has 0 aliphatic rings. The Morgan fingerprint density at radius 3 is 2.64 bits per heavy atom. The van der Waals surface area contributed by atoms with E-state index in [1.54, 1.807) is 20.3 Å². The van der Waals surface area contributed by atoms with E-state index in [2.05, 4.69) is 5.32 Å². The van der Waals surface area contributed by atoms with Crippen molar-refractivity contribution in [2.75, 3.05) is 19.5 Å². The van der Waals surface area contributed by atoms with Crippen LogP contribution in [0.25, 0.3) is 16.9 Å². The van der Waals surface area contributed by atoms with Crippen LogP contribution in [-0.2, 0) is 0 Å². The third-order valence-electron chi connectivity index (χ3n) is 4.40. The first-order valence-electron chi connectivity index (χ1n) is 8.66. The average Bonchev–Trinajstić information content (AvgIpc) is 3.36. The lowest BCUT2D eigenvalue weighted by atomic mass is 10.1. The predicted octanol–water partition coefficient (Wildman–Crippen LogP) is 4.64. The molecule has 3 heterocycles. The average molecular weight is 393 g/mol. The molecule has 0 atom stereocenters. The molecule has 3 aromatic heterocycles. The van der Waals surface area contributed by atoms with Crippen LogP contribution in [0, 0.1) is 6.92 Å². The van der Waals surface area contributed by atoms with Gasteiger partial charge >= 0.3 is 0 Å². The first kappa shape index (κ1) is 18.1. The lowest BCUT2D eigenvalue weighted by Gasteiger charge is -2.10. The highest BCUT2D eigenvalue weighted by Gasteiger charge is 2.19. The largest absolute Gasteiger partial charge is 0.493 e. The topological polar surface area (TPSA) is 64.9 Å². The van der Waals surface area contributed by atoms with Gasteiger partial charge in [-0.15, -0.1) is 11.3 Å². The molecular weight excluding hydrogens is 374 g/mol. The molecule has 1 N–H and O–H groups in total. The maximum Gasteiger partial charge on any atom is 0.266 e.